The lowest BCUT2D eigenvalue weighted by Crippen LogP contribution is -2.18. The Morgan fingerprint density at radius 3 is 3.45 bits per heavy atom. The molecule has 2 rings (SSSR count). The molecule has 0 bridgehead atoms. The van der Waals surface area contributed by atoms with Crippen LogP contribution in [0, 0.1) is 3.57 Å². The third kappa shape index (κ3) is 1.40. The first kappa shape index (κ1) is 7.15. The molecule has 0 saturated heterocycles. The van der Waals surface area contributed by atoms with Gasteiger partial charge in [-0.05, 0) is 28.7 Å². The Labute approximate surface area is 78.3 Å². The molecule has 0 atom stereocenters. The van der Waals surface area contributed by atoms with Gasteiger partial charge in [0.25, 0.3) is 0 Å². The average molecular weight is 262 g/mol. The summed E-state index contributed by atoms with van der Waals surface area (Å²) >= 11 is 2.23. The SMILES string of the molecule is Ic1cnc2c(c1)NCCO2. The fourth-order valence-electron chi connectivity index (χ4n) is 1.00. The first-order valence-electron chi connectivity index (χ1n) is 3.38. The summed E-state index contributed by atoms with van der Waals surface area (Å²) in [5.41, 5.74) is 1.00. The summed E-state index contributed by atoms with van der Waals surface area (Å²) < 4.78 is 6.43. The van der Waals surface area contributed by atoms with Crippen LogP contribution in [0.3, 0.4) is 0 Å². The molecule has 1 aliphatic heterocycles. The lowest BCUT2D eigenvalue weighted by atomic mass is 10.4. The van der Waals surface area contributed by atoms with Crippen LogP contribution in [0.15, 0.2) is 12.3 Å². The van der Waals surface area contributed by atoms with Gasteiger partial charge in [-0.2, -0.15) is 0 Å². The second-order valence-electron chi connectivity index (χ2n) is 2.28. The minimum absolute atomic E-state index is 0.709. The zero-order valence-electron chi connectivity index (χ0n) is 5.80. The Balaban J connectivity index is 2.43. The third-order valence-corrected chi connectivity index (χ3v) is 2.06. The van der Waals surface area contributed by atoms with Gasteiger partial charge in [0.15, 0.2) is 0 Å². The lowest BCUT2D eigenvalue weighted by molar-refractivity contribution is 0.310. The van der Waals surface area contributed by atoms with Gasteiger partial charge in [0.1, 0.15) is 6.61 Å². The topological polar surface area (TPSA) is 34.2 Å². The van der Waals surface area contributed by atoms with Crippen molar-refractivity contribution in [2.24, 2.45) is 0 Å². The number of rotatable bonds is 0. The van der Waals surface area contributed by atoms with E-state index < -0.39 is 0 Å². The Morgan fingerprint density at radius 2 is 2.55 bits per heavy atom. The molecule has 1 aromatic rings. The summed E-state index contributed by atoms with van der Waals surface area (Å²) in [6.45, 7) is 1.58. The highest BCUT2D eigenvalue weighted by atomic mass is 127. The predicted molar refractivity (Wildman–Crippen MR) is 50.9 cm³/mol. The number of anilines is 1. The van der Waals surface area contributed by atoms with E-state index >= 15 is 0 Å². The van der Waals surface area contributed by atoms with Crippen LogP contribution in [0.5, 0.6) is 5.88 Å². The highest BCUT2D eigenvalue weighted by molar-refractivity contribution is 14.1. The third-order valence-electron chi connectivity index (χ3n) is 1.47. The van der Waals surface area contributed by atoms with Crippen LogP contribution < -0.4 is 10.1 Å². The Morgan fingerprint density at radius 1 is 1.64 bits per heavy atom. The van der Waals surface area contributed by atoms with Crippen molar-refractivity contribution in [3.05, 3.63) is 15.8 Å². The van der Waals surface area contributed by atoms with E-state index in [1.54, 1.807) is 6.20 Å². The van der Waals surface area contributed by atoms with Crippen LogP contribution in [-0.4, -0.2) is 18.1 Å². The number of hydrogen-bond donors (Lipinski definition) is 1. The average Bonchev–Trinajstić information content (AvgIpc) is 2.04. The summed E-state index contributed by atoms with van der Waals surface area (Å²) in [6.07, 6.45) is 1.80. The molecular formula is C7H7IN2O. The number of halogens is 1. The van der Waals surface area contributed by atoms with Gasteiger partial charge in [0.05, 0.1) is 5.69 Å². The highest BCUT2D eigenvalue weighted by Crippen LogP contribution is 2.25. The molecule has 1 aliphatic rings. The van der Waals surface area contributed by atoms with Crippen molar-refractivity contribution in [3.63, 3.8) is 0 Å². The van der Waals surface area contributed by atoms with Crippen molar-refractivity contribution < 1.29 is 4.74 Å². The number of aromatic nitrogens is 1. The van der Waals surface area contributed by atoms with Crippen molar-refractivity contribution in [1.29, 1.82) is 0 Å². The highest BCUT2D eigenvalue weighted by Gasteiger charge is 2.09. The maximum Gasteiger partial charge on any atom is 0.237 e. The first-order chi connectivity index (χ1) is 5.36. The molecule has 0 aromatic carbocycles. The normalized spacial score (nSPS) is 14.6. The van der Waals surface area contributed by atoms with Crippen molar-refractivity contribution in [3.8, 4) is 5.88 Å². The largest absolute Gasteiger partial charge is 0.474 e. The van der Waals surface area contributed by atoms with Crippen LogP contribution in [-0.2, 0) is 0 Å². The summed E-state index contributed by atoms with van der Waals surface area (Å²) in [5, 5.41) is 3.21. The molecule has 0 saturated carbocycles. The molecule has 0 unspecified atom stereocenters. The number of fused-ring (bicyclic) bond motifs is 1. The number of pyridine rings is 1. The summed E-state index contributed by atoms with van der Waals surface area (Å²) in [6, 6.07) is 2.03. The van der Waals surface area contributed by atoms with Gasteiger partial charge in [0.2, 0.25) is 5.88 Å². The van der Waals surface area contributed by atoms with Crippen molar-refractivity contribution in [2.75, 3.05) is 18.5 Å². The molecule has 2 heterocycles. The molecule has 0 radical (unpaired) electrons. The Kier molecular flexibility index (Phi) is 1.85. The van der Waals surface area contributed by atoms with Gasteiger partial charge >= 0.3 is 0 Å². The summed E-state index contributed by atoms with van der Waals surface area (Å²) in [7, 11) is 0. The van der Waals surface area contributed by atoms with Crippen molar-refractivity contribution >= 4 is 28.3 Å². The van der Waals surface area contributed by atoms with Gasteiger partial charge in [-0.25, -0.2) is 4.98 Å². The van der Waals surface area contributed by atoms with Crippen LogP contribution >= 0.6 is 22.6 Å². The number of nitrogens with zero attached hydrogens (tertiary/aromatic N) is 1. The Hall–Kier alpha value is -0.520. The van der Waals surface area contributed by atoms with Crippen molar-refractivity contribution in [1.82, 2.24) is 4.98 Å². The minimum Gasteiger partial charge on any atom is -0.474 e. The second kappa shape index (κ2) is 2.84. The quantitative estimate of drug-likeness (QED) is 0.719. The first-order valence-corrected chi connectivity index (χ1v) is 4.46. The van der Waals surface area contributed by atoms with Gasteiger partial charge in [-0.3, -0.25) is 0 Å². The van der Waals surface area contributed by atoms with E-state index in [2.05, 4.69) is 32.9 Å². The molecule has 0 aliphatic carbocycles. The number of ether oxygens (including phenoxy) is 1. The van der Waals surface area contributed by atoms with E-state index in [1.165, 1.54) is 0 Å². The van der Waals surface area contributed by atoms with Crippen LogP contribution in [0.25, 0.3) is 0 Å². The fraction of sp³-hybridized carbons (Fsp3) is 0.286. The molecule has 3 nitrogen and oxygen atoms in total. The van der Waals surface area contributed by atoms with Crippen molar-refractivity contribution in [2.45, 2.75) is 0 Å². The lowest BCUT2D eigenvalue weighted by Gasteiger charge is -2.17. The minimum atomic E-state index is 0.709. The zero-order valence-corrected chi connectivity index (χ0v) is 7.96. The van der Waals surface area contributed by atoms with E-state index in [1.807, 2.05) is 6.07 Å². The van der Waals surface area contributed by atoms with Crippen LogP contribution in [0.2, 0.25) is 0 Å². The van der Waals surface area contributed by atoms with E-state index in [0.717, 1.165) is 21.7 Å². The van der Waals surface area contributed by atoms with Crippen LogP contribution in [0.1, 0.15) is 0 Å². The maximum absolute atomic E-state index is 5.30. The molecule has 0 spiro atoms. The fourth-order valence-corrected chi connectivity index (χ4v) is 1.45. The second-order valence-corrected chi connectivity index (χ2v) is 3.53. The predicted octanol–water partition coefficient (Wildman–Crippen LogP) is 1.49. The molecule has 58 valence electrons. The standard InChI is InChI=1S/C7H7IN2O/c8-5-3-6-7(10-4-5)11-2-1-9-6/h3-4,9H,1-2H2. The molecule has 1 N–H and O–H groups in total. The van der Waals surface area contributed by atoms with Gasteiger partial charge in [-0.1, -0.05) is 0 Å². The molecule has 0 fully saturated rings. The molecule has 11 heavy (non-hydrogen) atoms. The van der Waals surface area contributed by atoms with Gasteiger partial charge in [-0.15, -0.1) is 0 Å². The smallest absolute Gasteiger partial charge is 0.237 e. The van der Waals surface area contributed by atoms with E-state index in [4.69, 9.17) is 4.74 Å². The monoisotopic (exact) mass is 262 g/mol. The molecule has 1 aromatic heterocycles. The van der Waals surface area contributed by atoms with Gasteiger partial charge < -0.3 is 10.1 Å². The van der Waals surface area contributed by atoms with E-state index in [-0.39, 0.29) is 0 Å². The van der Waals surface area contributed by atoms with E-state index in [0.29, 0.717) is 6.61 Å². The maximum atomic E-state index is 5.30. The number of nitrogens with one attached hydrogen (secondary N) is 1. The Bertz CT molecular complexity index is 277. The molecule has 0 amide bonds. The van der Waals surface area contributed by atoms with Crippen LogP contribution in [0.4, 0.5) is 5.69 Å². The van der Waals surface area contributed by atoms with E-state index in [9.17, 15) is 0 Å². The summed E-state index contributed by atoms with van der Waals surface area (Å²) in [5.74, 6) is 0.719. The zero-order chi connectivity index (χ0) is 7.68. The molecule has 4 heteroatoms. The van der Waals surface area contributed by atoms with Gasteiger partial charge in [0, 0.05) is 16.3 Å². The number of hydrogen-bond acceptors (Lipinski definition) is 3. The molecular weight excluding hydrogens is 255 g/mol. The summed E-state index contributed by atoms with van der Waals surface area (Å²) in [4.78, 5) is 4.13.